The van der Waals surface area contributed by atoms with Gasteiger partial charge in [-0.3, -0.25) is 0 Å². The normalized spacial score (nSPS) is 11.5. The van der Waals surface area contributed by atoms with Gasteiger partial charge in [-0.1, -0.05) is 36.0 Å². The summed E-state index contributed by atoms with van der Waals surface area (Å²) in [6, 6.07) is 8.48. The van der Waals surface area contributed by atoms with Crippen LogP contribution in [-0.4, -0.2) is 34.7 Å². The van der Waals surface area contributed by atoms with Gasteiger partial charge in [-0.2, -0.15) is 0 Å². The summed E-state index contributed by atoms with van der Waals surface area (Å²) in [5.41, 5.74) is 0. The van der Waals surface area contributed by atoms with E-state index in [0.717, 1.165) is 11.0 Å². The minimum absolute atomic E-state index is 0.0711. The Morgan fingerprint density at radius 2 is 2.00 bits per heavy atom. The molecule has 21 heavy (non-hydrogen) atoms. The number of thioether (sulfide) groups is 1. The van der Waals surface area contributed by atoms with E-state index in [1.165, 1.54) is 11.8 Å². The van der Waals surface area contributed by atoms with Gasteiger partial charge in [0.2, 0.25) is 0 Å². The molecular weight excluding hydrogens is 306 g/mol. The molecule has 0 saturated carbocycles. The second kappa shape index (κ2) is 6.91. The molecule has 0 aliphatic carbocycles. The second-order valence-corrected chi connectivity index (χ2v) is 7.58. The predicted molar refractivity (Wildman–Crippen MR) is 84.2 cm³/mol. The van der Waals surface area contributed by atoms with Crippen molar-refractivity contribution in [2.24, 2.45) is 0 Å². The zero-order chi connectivity index (χ0) is 15.3. The Bertz CT molecular complexity index is 709. The number of nitrogens with zero attached hydrogens (tertiary/aromatic N) is 3. The molecule has 0 aliphatic rings. The number of aromatic nitrogens is 3. The van der Waals surface area contributed by atoms with Gasteiger partial charge in [-0.05, 0) is 19.1 Å². The molecule has 0 fully saturated rings. The first kappa shape index (κ1) is 15.8. The lowest BCUT2D eigenvalue weighted by Gasteiger charge is -2.06. The van der Waals surface area contributed by atoms with Gasteiger partial charge < -0.3 is 4.57 Å². The lowest BCUT2D eigenvalue weighted by molar-refractivity contribution is 0.597. The molecule has 0 amide bonds. The van der Waals surface area contributed by atoms with Crippen molar-refractivity contribution in [2.75, 3.05) is 11.5 Å². The average molecular weight is 323 g/mol. The molecule has 112 valence electrons. The molecule has 1 aromatic carbocycles. The highest BCUT2D eigenvalue weighted by atomic mass is 32.2. The smallest absolute Gasteiger partial charge is 0.191 e. The van der Waals surface area contributed by atoms with Crippen LogP contribution in [0.1, 0.15) is 5.82 Å². The van der Waals surface area contributed by atoms with E-state index >= 15 is 0 Å². The largest absolute Gasteiger partial charge is 0.302 e. The lowest BCUT2D eigenvalue weighted by Crippen LogP contribution is -2.09. The van der Waals surface area contributed by atoms with Crippen LogP contribution < -0.4 is 0 Å². The molecule has 0 unspecified atom stereocenters. The van der Waals surface area contributed by atoms with E-state index in [9.17, 15) is 8.42 Å². The number of aryl methyl sites for hydroxylation is 1. The molecular formula is C14H17N3O2S2. The number of benzene rings is 1. The molecule has 1 aromatic heterocycles. The van der Waals surface area contributed by atoms with Crippen LogP contribution >= 0.6 is 11.8 Å². The molecule has 0 N–H and O–H groups in total. The van der Waals surface area contributed by atoms with Gasteiger partial charge in [0.1, 0.15) is 5.82 Å². The summed E-state index contributed by atoms with van der Waals surface area (Å²) in [6.45, 7) is 6.18. The molecule has 0 saturated heterocycles. The quantitative estimate of drug-likeness (QED) is 0.578. The van der Waals surface area contributed by atoms with Gasteiger partial charge >= 0.3 is 0 Å². The van der Waals surface area contributed by atoms with Crippen molar-refractivity contribution in [1.29, 1.82) is 0 Å². The van der Waals surface area contributed by atoms with Crippen molar-refractivity contribution in [3.63, 3.8) is 0 Å². The second-order valence-electron chi connectivity index (χ2n) is 4.41. The van der Waals surface area contributed by atoms with Crippen LogP contribution in [0, 0.1) is 6.92 Å². The maximum Gasteiger partial charge on any atom is 0.191 e. The molecule has 1 heterocycles. The molecule has 0 aliphatic heterocycles. The van der Waals surface area contributed by atoms with E-state index in [4.69, 9.17) is 0 Å². The maximum atomic E-state index is 12.2. The zero-order valence-electron chi connectivity index (χ0n) is 11.8. The van der Waals surface area contributed by atoms with E-state index in [1.54, 1.807) is 36.4 Å². The highest BCUT2D eigenvalue weighted by molar-refractivity contribution is 8.00. The van der Waals surface area contributed by atoms with Crippen molar-refractivity contribution < 1.29 is 8.42 Å². The number of allylic oxidation sites excluding steroid dienone is 1. The third-order valence-corrected chi connectivity index (χ3v) is 5.86. The van der Waals surface area contributed by atoms with Crippen LogP contribution in [0.5, 0.6) is 0 Å². The monoisotopic (exact) mass is 323 g/mol. The van der Waals surface area contributed by atoms with Crippen molar-refractivity contribution in [3.8, 4) is 0 Å². The van der Waals surface area contributed by atoms with E-state index < -0.39 is 9.84 Å². The van der Waals surface area contributed by atoms with E-state index in [1.807, 2.05) is 11.5 Å². The standard InChI is InChI=1S/C14H17N3O2S2/c1-3-9-17-12(2)15-16-14(17)20-10-11-21(18,19)13-7-5-4-6-8-13/h3-8H,1,9-11H2,2H3. The van der Waals surface area contributed by atoms with Gasteiger partial charge in [0.25, 0.3) is 0 Å². The summed E-state index contributed by atoms with van der Waals surface area (Å²) in [7, 11) is -3.25. The molecule has 0 spiro atoms. The molecule has 0 bridgehead atoms. The van der Waals surface area contributed by atoms with Crippen molar-refractivity contribution in [3.05, 3.63) is 48.8 Å². The summed E-state index contributed by atoms with van der Waals surface area (Å²) >= 11 is 1.39. The highest BCUT2D eigenvalue weighted by Crippen LogP contribution is 2.19. The number of hydrogen-bond acceptors (Lipinski definition) is 5. The summed E-state index contributed by atoms with van der Waals surface area (Å²) < 4.78 is 26.2. The fraction of sp³-hybridized carbons (Fsp3) is 0.286. The summed E-state index contributed by atoms with van der Waals surface area (Å²) in [6.07, 6.45) is 1.77. The first-order chi connectivity index (χ1) is 10.0. The average Bonchev–Trinajstić information content (AvgIpc) is 2.82. The Morgan fingerprint density at radius 3 is 2.67 bits per heavy atom. The molecule has 0 atom stereocenters. The topological polar surface area (TPSA) is 64.8 Å². The van der Waals surface area contributed by atoms with Gasteiger partial charge in [0, 0.05) is 12.3 Å². The van der Waals surface area contributed by atoms with Gasteiger partial charge in [-0.25, -0.2) is 8.42 Å². The minimum Gasteiger partial charge on any atom is -0.302 e. The number of hydrogen-bond donors (Lipinski definition) is 0. The van der Waals surface area contributed by atoms with E-state index in [-0.39, 0.29) is 5.75 Å². The van der Waals surface area contributed by atoms with Crippen LogP contribution in [-0.2, 0) is 16.4 Å². The van der Waals surface area contributed by atoms with E-state index in [0.29, 0.717) is 17.2 Å². The maximum absolute atomic E-state index is 12.2. The Labute approximate surface area is 129 Å². The van der Waals surface area contributed by atoms with Gasteiger partial charge in [-0.15, -0.1) is 16.8 Å². The third-order valence-electron chi connectivity index (χ3n) is 2.90. The highest BCUT2D eigenvalue weighted by Gasteiger charge is 2.15. The Hall–Kier alpha value is -1.60. The zero-order valence-corrected chi connectivity index (χ0v) is 13.4. The number of sulfone groups is 1. The van der Waals surface area contributed by atoms with Crippen LogP contribution in [0.2, 0.25) is 0 Å². The fourth-order valence-electron chi connectivity index (χ4n) is 1.80. The molecule has 2 rings (SSSR count). The predicted octanol–water partition coefficient (Wildman–Crippen LogP) is 2.34. The SMILES string of the molecule is C=CCn1c(C)nnc1SCCS(=O)(=O)c1ccccc1. The molecule has 7 heteroatoms. The Balaban J connectivity index is 2.00. The summed E-state index contributed by atoms with van der Waals surface area (Å²) in [5.74, 6) is 1.30. The first-order valence-electron chi connectivity index (χ1n) is 6.46. The first-order valence-corrected chi connectivity index (χ1v) is 9.09. The van der Waals surface area contributed by atoms with Crippen LogP contribution in [0.4, 0.5) is 0 Å². The molecule has 5 nitrogen and oxygen atoms in total. The molecule has 0 radical (unpaired) electrons. The Morgan fingerprint density at radius 1 is 1.29 bits per heavy atom. The number of rotatable bonds is 7. The van der Waals surface area contributed by atoms with E-state index in [2.05, 4.69) is 16.8 Å². The van der Waals surface area contributed by atoms with Gasteiger partial charge in [0.05, 0.1) is 10.6 Å². The molecule has 2 aromatic rings. The van der Waals surface area contributed by atoms with Crippen LogP contribution in [0.3, 0.4) is 0 Å². The van der Waals surface area contributed by atoms with Crippen molar-refractivity contribution in [1.82, 2.24) is 14.8 Å². The minimum atomic E-state index is -3.25. The Kier molecular flexibility index (Phi) is 5.19. The van der Waals surface area contributed by atoms with Crippen molar-refractivity contribution in [2.45, 2.75) is 23.5 Å². The van der Waals surface area contributed by atoms with Gasteiger partial charge in [0.15, 0.2) is 15.0 Å². The fourth-order valence-corrected chi connectivity index (χ4v) is 4.46. The summed E-state index contributed by atoms with van der Waals surface area (Å²) in [5, 5.41) is 8.78. The van der Waals surface area contributed by atoms with Crippen molar-refractivity contribution >= 4 is 21.6 Å². The third kappa shape index (κ3) is 3.95. The van der Waals surface area contributed by atoms with Crippen LogP contribution in [0.25, 0.3) is 0 Å². The summed E-state index contributed by atoms with van der Waals surface area (Å²) in [4.78, 5) is 0.356. The van der Waals surface area contributed by atoms with Crippen LogP contribution in [0.15, 0.2) is 53.0 Å². The lowest BCUT2D eigenvalue weighted by atomic mass is 10.4.